The van der Waals surface area contributed by atoms with Crippen LogP contribution in [0.15, 0.2) is 29.4 Å². The highest BCUT2D eigenvalue weighted by atomic mass is 16.6. The van der Waals surface area contributed by atoms with Gasteiger partial charge in [0.25, 0.3) is 5.69 Å². The zero-order valence-electron chi connectivity index (χ0n) is 18.3. The smallest absolute Gasteiger partial charge is 0.278 e. The van der Waals surface area contributed by atoms with Crippen molar-refractivity contribution in [3.05, 3.63) is 39.9 Å². The molecule has 0 aliphatic carbocycles. The van der Waals surface area contributed by atoms with Crippen molar-refractivity contribution in [2.75, 3.05) is 41.4 Å². The predicted octanol–water partition coefficient (Wildman–Crippen LogP) is 3.99. The maximum atomic E-state index is 11.2. The molecule has 0 unspecified atom stereocenters. The van der Waals surface area contributed by atoms with Gasteiger partial charge < -0.3 is 9.80 Å². The Balaban J connectivity index is 1.59. The monoisotopic (exact) mass is 438 g/mol. The lowest BCUT2D eigenvalue weighted by Gasteiger charge is -2.24. The normalized spacial score (nSPS) is 17.8. The number of nitrogens with zero attached hydrogens (tertiary/aromatic N) is 7. The molecule has 1 aromatic heterocycles. The fraction of sp³-hybridized carbons (Fsp3) is 0.545. The maximum Gasteiger partial charge on any atom is 0.278 e. The number of aromatic nitrogens is 3. The minimum absolute atomic E-state index is 0.00390. The van der Waals surface area contributed by atoms with E-state index >= 15 is 0 Å². The third-order valence-electron chi connectivity index (χ3n) is 5.89. The zero-order valence-corrected chi connectivity index (χ0v) is 18.3. The predicted molar refractivity (Wildman–Crippen MR) is 126 cm³/mol. The molecule has 4 rings (SSSR count). The molecule has 170 valence electrons. The van der Waals surface area contributed by atoms with Crippen LogP contribution in [0.1, 0.15) is 56.9 Å². The van der Waals surface area contributed by atoms with Gasteiger partial charge in [0.2, 0.25) is 17.8 Å². The second-order valence-electron chi connectivity index (χ2n) is 8.25. The number of nitrogens with one attached hydrogen (secondary N) is 1. The number of hydrazone groups is 1. The maximum absolute atomic E-state index is 11.2. The van der Waals surface area contributed by atoms with Crippen LogP contribution in [0.2, 0.25) is 0 Å². The van der Waals surface area contributed by atoms with E-state index in [0.29, 0.717) is 23.4 Å². The van der Waals surface area contributed by atoms with E-state index in [1.165, 1.54) is 38.0 Å². The molecule has 0 bridgehead atoms. The Morgan fingerprint density at radius 1 is 0.844 bits per heavy atom. The van der Waals surface area contributed by atoms with Crippen LogP contribution in [0.3, 0.4) is 0 Å². The van der Waals surface area contributed by atoms with Crippen molar-refractivity contribution in [1.29, 1.82) is 0 Å². The lowest BCUT2D eigenvalue weighted by Crippen LogP contribution is -2.30. The Morgan fingerprint density at radius 2 is 1.38 bits per heavy atom. The fourth-order valence-corrected chi connectivity index (χ4v) is 4.15. The molecule has 2 aliphatic heterocycles. The van der Waals surface area contributed by atoms with Gasteiger partial charge in [0.15, 0.2) is 0 Å². The standard InChI is InChI=1S/C22H30N8O2/c31-30(32)19-12-6-5-11-18(19)17-23-27-20-24-21(28-13-7-1-2-8-14-28)26-22(25-20)29-15-9-3-4-10-16-29/h5-6,11-12,17H,1-4,7-10,13-16H2,(H,24,25,26,27)/b23-17-. The number of anilines is 3. The van der Waals surface area contributed by atoms with E-state index in [-0.39, 0.29) is 5.69 Å². The average Bonchev–Trinajstić information content (AvgIpc) is 3.25. The highest BCUT2D eigenvalue weighted by Crippen LogP contribution is 2.22. The molecule has 0 atom stereocenters. The molecule has 3 heterocycles. The summed E-state index contributed by atoms with van der Waals surface area (Å²) < 4.78 is 0. The summed E-state index contributed by atoms with van der Waals surface area (Å²) in [5.74, 6) is 1.70. The van der Waals surface area contributed by atoms with Crippen LogP contribution in [0.25, 0.3) is 0 Å². The summed E-state index contributed by atoms with van der Waals surface area (Å²) in [6, 6.07) is 6.49. The van der Waals surface area contributed by atoms with E-state index in [9.17, 15) is 10.1 Å². The summed E-state index contributed by atoms with van der Waals surface area (Å²) in [4.78, 5) is 29.3. The minimum atomic E-state index is -0.417. The fourth-order valence-electron chi connectivity index (χ4n) is 4.15. The molecule has 0 radical (unpaired) electrons. The van der Waals surface area contributed by atoms with E-state index in [0.717, 1.165) is 51.9 Å². The molecule has 2 saturated heterocycles. The van der Waals surface area contributed by atoms with Crippen LogP contribution in [0, 0.1) is 10.1 Å². The summed E-state index contributed by atoms with van der Waals surface area (Å²) in [5.41, 5.74) is 3.30. The van der Waals surface area contributed by atoms with Crippen LogP contribution in [0.5, 0.6) is 0 Å². The average molecular weight is 439 g/mol. The quantitative estimate of drug-likeness (QED) is 0.409. The first-order valence-corrected chi connectivity index (χ1v) is 11.5. The molecule has 32 heavy (non-hydrogen) atoms. The third-order valence-corrected chi connectivity index (χ3v) is 5.89. The third kappa shape index (κ3) is 5.68. The van der Waals surface area contributed by atoms with Gasteiger partial charge in [0.1, 0.15) is 0 Å². The van der Waals surface area contributed by atoms with E-state index in [1.54, 1.807) is 18.2 Å². The Morgan fingerprint density at radius 3 is 1.91 bits per heavy atom. The van der Waals surface area contributed by atoms with Crippen LogP contribution >= 0.6 is 0 Å². The number of hydrogen-bond acceptors (Lipinski definition) is 9. The van der Waals surface area contributed by atoms with Gasteiger partial charge >= 0.3 is 0 Å². The second-order valence-corrected chi connectivity index (χ2v) is 8.25. The lowest BCUT2D eigenvalue weighted by molar-refractivity contribution is -0.385. The second kappa shape index (κ2) is 10.8. The molecular weight excluding hydrogens is 408 g/mol. The number of nitro groups is 1. The Hall–Kier alpha value is -3.30. The molecule has 2 fully saturated rings. The summed E-state index contributed by atoms with van der Waals surface area (Å²) in [6.45, 7) is 3.73. The van der Waals surface area contributed by atoms with Gasteiger partial charge in [-0.1, -0.05) is 37.8 Å². The van der Waals surface area contributed by atoms with Crippen molar-refractivity contribution in [3.8, 4) is 0 Å². The van der Waals surface area contributed by atoms with Gasteiger partial charge in [-0.25, -0.2) is 5.43 Å². The van der Waals surface area contributed by atoms with E-state index < -0.39 is 4.92 Å². The number of hydrogen-bond donors (Lipinski definition) is 1. The first-order chi connectivity index (χ1) is 15.7. The van der Waals surface area contributed by atoms with Gasteiger partial charge in [-0.3, -0.25) is 10.1 Å². The minimum Gasteiger partial charge on any atom is -0.341 e. The highest BCUT2D eigenvalue weighted by molar-refractivity contribution is 5.85. The molecule has 0 saturated carbocycles. The SMILES string of the molecule is O=[N+]([O-])c1ccccc1/C=N\Nc1nc(N2CCCCCC2)nc(N2CCCCCC2)n1. The van der Waals surface area contributed by atoms with Crippen molar-refractivity contribution < 1.29 is 4.92 Å². The number of rotatable bonds is 6. The highest BCUT2D eigenvalue weighted by Gasteiger charge is 2.19. The van der Waals surface area contributed by atoms with Gasteiger partial charge in [-0.15, -0.1) is 0 Å². The van der Waals surface area contributed by atoms with E-state index in [4.69, 9.17) is 4.98 Å². The summed E-state index contributed by atoms with van der Waals surface area (Å²) >= 11 is 0. The van der Waals surface area contributed by atoms with E-state index in [1.807, 2.05) is 0 Å². The molecule has 0 amide bonds. The molecule has 2 aromatic rings. The summed E-state index contributed by atoms with van der Waals surface area (Å²) in [6.07, 6.45) is 10.9. The molecule has 0 spiro atoms. The van der Waals surface area contributed by atoms with Gasteiger partial charge in [0, 0.05) is 32.2 Å². The molecule has 2 aliphatic rings. The zero-order chi connectivity index (χ0) is 22.2. The number of nitro benzene ring substituents is 1. The first kappa shape index (κ1) is 21.9. The van der Waals surface area contributed by atoms with Crippen molar-refractivity contribution in [3.63, 3.8) is 0 Å². The first-order valence-electron chi connectivity index (χ1n) is 11.5. The topological polar surface area (TPSA) is 113 Å². The van der Waals surface area contributed by atoms with E-state index in [2.05, 4.69) is 30.3 Å². The van der Waals surface area contributed by atoms with Crippen LogP contribution in [-0.4, -0.2) is 52.3 Å². The largest absolute Gasteiger partial charge is 0.341 e. The van der Waals surface area contributed by atoms with Gasteiger partial charge in [-0.2, -0.15) is 20.1 Å². The van der Waals surface area contributed by atoms with Gasteiger partial charge in [0.05, 0.1) is 16.7 Å². The molecular formula is C22H30N8O2. The lowest BCUT2D eigenvalue weighted by atomic mass is 10.2. The van der Waals surface area contributed by atoms with Crippen LogP contribution < -0.4 is 15.2 Å². The number of para-hydroxylation sites is 1. The van der Waals surface area contributed by atoms with Crippen LogP contribution in [0.4, 0.5) is 23.5 Å². The van der Waals surface area contributed by atoms with Crippen molar-refractivity contribution in [2.45, 2.75) is 51.4 Å². The molecule has 1 N–H and O–H groups in total. The Bertz CT molecular complexity index is 897. The van der Waals surface area contributed by atoms with Crippen molar-refractivity contribution in [2.24, 2.45) is 5.10 Å². The molecule has 10 nitrogen and oxygen atoms in total. The summed E-state index contributed by atoms with van der Waals surface area (Å²) in [7, 11) is 0. The molecule has 10 heteroatoms. The van der Waals surface area contributed by atoms with Gasteiger partial charge in [-0.05, 0) is 31.7 Å². The van der Waals surface area contributed by atoms with Crippen molar-refractivity contribution in [1.82, 2.24) is 15.0 Å². The van der Waals surface area contributed by atoms with Crippen LogP contribution in [-0.2, 0) is 0 Å². The molecule has 1 aromatic carbocycles. The Labute approximate surface area is 187 Å². The van der Waals surface area contributed by atoms with Crippen molar-refractivity contribution >= 4 is 29.7 Å². The Kier molecular flexibility index (Phi) is 7.42. The summed E-state index contributed by atoms with van der Waals surface area (Å²) in [5, 5.41) is 15.4. The number of benzene rings is 1.